The Morgan fingerprint density at radius 3 is 2.21 bits per heavy atom. The molecule has 2 unspecified atom stereocenters. The Bertz CT molecular complexity index is 230. The molecule has 14 heavy (non-hydrogen) atoms. The summed E-state index contributed by atoms with van der Waals surface area (Å²) in [5, 5.41) is 11.7. The van der Waals surface area contributed by atoms with Crippen molar-refractivity contribution in [2.24, 2.45) is 5.73 Å². The van der Waals surface area contributed by atoms with Gasteiger partial charge in [0.25, 0.3) is 0 Å². The largest absolute Gasteiger partial charge is 0.480 e. The monoisotopic (exact) mass is 202 g/mol. The minimum absolute atomic E-state index is 0.395. The molecule has 5 nitrogen and oxygen atoms in total. The maximum Gasteiger partial charge on any atom is 0.323 e. The van der Waals surface area contributed by atoms with Crippen molar-refractivity contribution in [1.82, 2.24) is 5.32 Å². The van der Waals surface area contributed by atoms with Crippen LogP contribution >= 0.6 is 0 Å². The van der Waals surface area contributed by atoms with E-state index in [2.05, 4.69) is 5.32 Å². The molecule has 0 radical (unpaired) electrons. The second-order valence-corrected chi connectivity index (χ2v) is 3.50. The first kappa shape index (κ1) is 12.9. The first-order valence-corrected chi connectivity index (χ1v) is 4.67. The zero-order valence-electron chi connectivity index (χ0n) is 8.83. The summed E-state index contributed by atoms with van der Waals surface area (Å²) >= 11 is 0. The van der Waals surface area contributed by atoms with Crippen molar-refractivity contribution in [2.45, 2.75) is 45.2 Å². The number of carboxylic acid groups (broad SMARTS) is 1. The van der Waals surface area contributed by atoms with Crippen LogP contribution in [0.15, 0.2) is 0 Å². The predicted octanol–water partition coefficient (Wildman–Crippen LogP) is 0.0932. The molecule has 0 aliphatic rings. The lowest BCUT2D eigenvalue weighted by Crippen LogP contribution is -2.56. The quantitative estimate of drug-likeness (QED) is 0.569. The number of rotatable bonds is 6. The zero-order chi connectivity index (χ0) is 11.4. The van der Waals surface area contributed by atoms with Gasteiger partial charge in [0.15, 0.2) is 0 Å². The Balaban J connectivity index is 4.58. The smallest absolute Gasteiger partial charge is 0.323 e. The van der Waals surface area contributed by atoms with E-state index in [1.807, 2.05) is 0 Å². The standard InChI is InChI=1S/C9H18N2O3/c1-4-6(7(10)12)11-9(3,5-2)8(13)14/h6,11H,4-5H2,1-3H3,(H2,10,12)(H,13,14). The highest BCUT2D eigenvalue weighted by molar-refractivity contribution is 5.83. The van der Waals surface area contributed by atoms with Gasteiger partial charge in [0.05, 0.1) is 6.04 Å². The number of nitrogens with one attached hydrogen (secondary N) is 1. The average Bonchev–Trinajstić information content (AvgIpc) is 2.12. The number of carbonyl (C=O) groups is 2. The molecule has 2 atom stereocenters. The van der Waals surface area contributed by atoms with Crippen molar-refractivity contribution in [3.8, 4) is 0 Å². The average molecular weight is 202 g/mol. The van der Waals surface area contributed by atoms with Gasteiger partial charge < -0.3 is 10.8 Å². The first-order valence-electron chi connectivity index (χ1n) is 4.67. The fourth-order valence-corrected chi connectivity index (χ4v) is 1.07. The molecule has 0 aromatic heterocycles. The summed E-state index contributed by atoms with van der Waals surface area (Å²) in [7, 11) is 0. The van der Waals surface area contributed by atoms with Gasteiger partial charge in [-0.15, -0.1) is 0 Å². The zero-order valence-corrected chi connectivity index (χ0v) is 8.83. The normalized spacial score (nSPS) is 17.1. The Labute approximate surface area is 83.7 Å². The Morgan fingerprint density at radius 2 is 2.00 bits per heavy atom. The van der Waals surface area contributed by atoms with Crippen molar-refractivity contribution in [1.29, 1.82) is 0 Å². The van der Waals surface area contributed by atoms with E-state index in [1.54, 1.807) is 20.8 Å². The van der Waals surface area contributed by atoms with Gasteiger partial charge in [-0.1, -0.05) is 13.8 Å². The molecule has 0 saturated carbocycles. The van der Waals surface area contributed by atoms with E-state index in [0.29, 0.717) is 12.8 Å². The van der Waals surface area contributed by atoms with Crippen molar-refractivity contribution >= 4 is 11.9 Å². The molecular weight excluding hydrogens is 184 g/mol. The molecule has 0 bridgehead atoms. The fourth-order valence-electron chi connectivity index (χ4n) is 1.07. The fraction of sp³-hybridized carbons (Fsp3) is 0.778. The van der Waals surface area contributed by atoms with E-state index in [4.69, 9.17) is 10.8 Å². The van der Waals surface area contributed by atoms with E-state index in [9.17, 15) is 9.59 Å². The molecule has 0 saturated heterocycles. The SMILES string of the molecule is CCC(NC(C)(CC)C(=O)O)C(N)=O. The highest BCUT2D eigenvalue weighted by Gasteiger charge is 2.34. The van der Waals surface area contributed by atoms with Crippen molar-refractivity contribution < 1.29 is 14.7 Å². The number of primary amides is 1. The van der Waals surface area contributed by atoms with Gasteiger partial charge in [-0.3, -0.25) is 14.9 Å². The summed E-state index contributed by atoms with van der Waals surface area (Å²) in [5.41, 5.74) is 4.03. The van der Waals surface area contributed by atoms with Crippen molar-refractivity contribution in [2.75, 3.05) is 0 Å². The van der Waals surface area contributed by atoms with Gasteiger partial charge in [0.2, 0.25) is 5.91 Å². The van der Waals surface area contributed by atoms with Crippen LogP contribution in [0.4, 0.5) is 0 Å². The van der Waals surface area contributed by atoms with E-state index >= 15 is 0 Å². The number of hydrogen-bond donors (Lipinski definition) is 3. The number of hydrogen-bond acceptors (Lipinski definition) is 3. The number of amides is 1. The summed E-state index contributed by atoms with van der Waals surface area (Å²) in [4.78, 5) is 21.8. The Hall–Kier alpha value is -1.10. The summed E-state index contributed by atoms with van der Waals surface area (Å²) in [5.74, 6) is -1.49. The molecule has 0 aliphatic heterocycles. The van der Waals surface area contributed by atoms with Gasteiger partial charge in [0, 0.05) is 0 Å². The van der Waals surface area contributed by atoms with E-state index in [1.165, 1.54) is 0 Å². The molecule has 82 valence electrons. The summed E-state index contributed by atoms with van der Waals surface area (Å²) in [6.07, 6.45) is 0.879. The minimum Gasteiger partial charge on any atom is -0.480 e. The van der Waals surface area contributed by atoms with Crippen LogP contribution in [0.3, 0.4) is 0 Å². The maximum atomic E-state index is 10.9. The lowest BCUT2D eigenvalue weighted by atomic mass is 9.97. The van der Waals surface area contributed by atoms with Crippen LogP contribution in [0.1, 0.15) is 33.6 Å². The molecule has 4 N–H and O–H groups in total. The lowest BCUT2D eigenvalue weighted by molar-refractivity contribution is -0.145. The number of aliphatic carboxylic acids is 1. The van der Waals surface area contributed by atoms with Gasteiger partial charge in [-0.2, -0.15) is 0 Å². The molecule has 0 spiro atoms. The van der Waals surface area contributed by atoms with E-state index < -0.39 is 23.5 Å². The van der Waals surface area contributed by atoms with Gasteiger partial charge in [-0.25, -0.2) is 0 Å². The molecule has 0 aromatic carbocycles. The lowest BCUT2D eigenvalue weighted by Gasteiger charge is -2.28. The first-order chi connectivity index (χ1) is 6.37. The van der Waals surface area contributed by atoms with E-state index in [-0.39, 0.29) is 0 Å². The molecule has 0 aliphatic carbocycles. The van der Waals surface area contributed by atoms with Crippen molar-refractivity contribution in [3.05, 3.63) is 0 Å². The predicted molar refractivity (Wildman–Crippen MR) is 52.7 cm³/mol. The number of carboxylic acids is 1. The van der Waals surface area contributed by atoms with Gasteiger partial charge in [-0.05, 0) is 19.8 Å². The molecule has 0 rings (SSSR count). The Kier molecular flexibility index (Phi) is 4.56. The van der Waals surface area contributed by atoms with Crippen LogP contribution < -0.4 is 11.1 Å². The third-order valence-electron chi connectivity index (χ3n) is 2.42. The van der Waals surface area contributed by atoms with Crippen LogP contribution in [-0.4, -0.2) is 28.6 Å². The minimum atomic E-state index is -1.09. The third kappa shape index (κ3) is 2.99. The van der Waals surface area contributed by atoms with Gasteiger partial charge >= 0.3 is 5.97 Å². The van der Waals surface area contributed by atoms with Crippen molar-refractivity contribution in [3.63, 3.8) is 0 Å². The van der Waals surface area contributed by atoms with Crippen LogP contribution in [0.5, 0.6) is 0 Å². The molecular formula is C9H18N2O3. The van der Waals surface area contributed by atoms with Crippen LogP contribution in [0.25, 0.3) is 0 Å². The van der Waals surface area contributed by atoms with Gasteiger partial charge in [0.1, 0.15) is 5.54 Å². The number of nitrogens with two attached hydrogens (primary N) is 1. The summed E-state index contributed by atoms with van der Waals surface area (Å²) < 4.78 is 0. The Morgan fingerprint density at radius 1 is 1.50 bits per heavy atom. The summed E-state index contributed by atoms with van der Waals surface area (Å²) in [6, 6.07) is -0.587. The van der Waals surface area contributed by atoms with E-state index in [0.717, 1.165) is 0 Å². The molecule has 5 heteroatoms. The maximum absolute atomic E-state index is 10.9. The van der Waals surface area contributed by atoms with Crippen LogP contribution in [-0.2, 0) is 9.59 Å². The molecule has 0 aromatic rings. The second kappa shape index (κ2) is 4.95. The third-order valence-corrected chi connectivity index (χ3v) is 2.42. The topological polar surface area (TPSA) is 92.4 Å². The summed E-state index contributed by atoms with van der Waals surface area (Å²) in [6.45, 7) is 5.07. The molecule has 0 fully saturated rings. The molecule has 0 heterocycles. The highest BCUT2D eigenvalue weighted by Crippen LogP contribution is 2.11. The highest BCUT2D eigenvalue weighted by atomic mass is 16.4. The van der Waals surface area contributed by atoms with Crippen LogP contribution in [0, 0.1) is 0 Å². The van der Waals surface area contributed by atoms with Crippen LogP contribution in [0.2, 0.25) is 0 Å². The second-order valence-electron chi connectivity index (χ2n) is 3.50. The number of carbonyl (C=O) groups excluding carboxylic acids is 1. The molecule has 1 amide bonds.